The first kappa shape index (κ1) is 29.3. The topological polar surface area (TPSA) is 105 Å². The van der Waals surface area contributed by atoms with Gasteiger partial charge in [-0.2, -0.15) is 0 Å². The molecule has 1 heterocycles. The highest BCUT2D eigenvalue weighted by Crippen LogP contribution is 2.36. The summed E-state index contributed by atoms with van der Waals surface area (Å²) in [5.41, 5.74) is 0.739. The summed E-state index contributed by atoms with van der Waals surface area (Å²) < 4.78 is 38.2. The molecule has 212 valence electrons. The van der Waals surface area contributed by atoms with Gasteiger partial charge >= 0.3 is 0 Å². The number of hydrogen-bond donors (Lipinski definition) is 1. The normalized spacial score (nSPS) is 15.7. The predicted molar refractivity (Wildman–Crippen MR) is 151 cm³/mol. The van der Waals surface area contributed by atoms with Crippen molar-refractivity contribution in [3.8, 4) is 11.5 Å². The molecule has 2 aromatic carbocycles. The van der Waals surface area contributed by atoms with E-state index < -0.39 is 28.5 Å². The number of anilines is 1. The largest absolute Gasteiger partial charge is 0.454 e. The number of halogens is 2. The number of sulfonamides is 1. The van der Waals surface area contributed by atoms with Crippen molar-refractivity contribution < 1.29 is 27.5 Å². The second kappa shape index (κ2) is 12.7. The maximum absolute atomic E-state index is 14.0. The predicted octanol–water partition coefficient (Wildman–Crippen LogP) is 4.74. The van der Waals surface area contributed by atoms with E-state index in [1.807, 2.05) is 6.92 Å². The Morgan fingerprint density at radius 3 is 2.36 bits per heavy atom. The van der Waals surface area contributed by atoms with Gasteiger partial charge in [-0.25, -0.2) is 8.42 Å². The van der Waals surface area contributed by atoms with Gasteiger partial charge in [0.05, 0.1) is 11.4 Å². The molecule has 1 aliphatic carbocycles. The third kappa shape index (κ3) is 6.73. The number of rotatable bonds is 11. The van der Waals surface area contributed by atoms with Gasteiger partial charge in [0.1, 0.15) is 12.6 Å². The Kier molecular flexibility index (Phi) is 9.51. The summed E-state index contributed by atoms with van der Waals surface area (Å²) >= 11 is 12.9. The lowest BCUT2D eigenvalue weighted by atomic mass is 10.1. The Hall–Kier alpha value is -2.69. The summed E-state index contributed by atoms with van der Waals surface area (Å²) in [6.07, 6.45) is 4.17. The van der Waals surface area contributed by atoms with E-state index in [0.717, 1.165) is 30.0 Å². The second-order valence-corrected chi connectivity index (χ2v) is 12.6. The minimum atomic E-state index is -3.88. The lowest BCUT2D eigenvalue weighted by molar-refractivity contribution is -0.140. The van der Waals surface area contributed by atoms with E-state index in [2.05, 4.69) is 5.32 Å². The summed E-state index contributed by atoms with van der Waals surface area (Å²) in [5, 5.41) is 3.77. The first-order valence-corrected chi connectivity index (χ1v) is 15.4. The van der Waals surface area contributed by atoms with E-state index in [1.165, 1.54) is 17.9 Å². The van der Waals surface area contributed by atoms with Crippen LogP contribution in [0, 0.1) is 0 Å². The summed E-state index contributed by atoms with van der Waals surface area (Å²) in [5.74, 6) is -0.199. The molecule has 4 rings (SSSR count). The van der Waals surface area contributed by atoms with Crippen molar-refractivity contribution in [2.75, 3.05) is 23.4 Å². The molecule has 1 atom stereocenters. The van der Waals surface area contributed by atoms with E-state index in [9.17, 15) is 18.0 Å². The molecule has 0 spiro atoms. The molecular formula is C27H33Cl2N3O6S. The Morgan fingerprint density at radius 1 is 1.05 bits per heavy atom. The Morgan fingerprint density at radius 2 is 1.72 bits per heavy atom. The minimum Gasteiger partial charge on any atom is -0.454 e. The fourth-order valence-corrected chi connectivity index (χ4v) is 6.47. The number of carbonyl (C=O) groups excluding carboxylic acids is 2. The number of benzene rings is 2. The third-order valence-electron chi connectivity index (χ3n) is 7.10. The van der Waals surface area contributed by atoms with E-state index in [-0.39, 0.29) is 36.7 Å². The Balaban J connectivity index is 1.68. The van der Waals surface area contributed by atoms with Crippen molar-refractivity contribution in [2.45, 2.75) is 64.6 Å². The average molecular weight is 599 g/mol. The van der Waals surface area contributed by atoms with Crippen molar-refractivity contribution in [3.63, 3.8) is 0 Å². The van der Waals surface area contributed by atoms with Crippen molar-refractivity contribution in [1.29, 1.82) is 0 Å². The molecule has 0 aromatic heterocycles. The van der Waals surface area contributed by atoms with E-state index >= 15 is 0 Å². The number of nitrogens with one attached hydrogen (secondary N) is 1. The van der Waals surface area contributed by atoms with Crippen molar-refractivity contribution in [2.24, 2.45) is 0 Å². The quantitative estimate of drug-likeness (QED) is 0.401. The molecule has 0 saturated heterocycles. The Labute approximate surface area is 239 Å². The van der Waals surface area contributed by atoms with Crippen LogP contribution < -0.4 is 19.1 Å². The third-order valence-corrected chi connectivity index (χ3v) is 9.55. The molecule has 1 saturated carbocycles. The van der Waals surface area contributed by atoms with Crippen LogP contribution in [0.15, 0.2) is 36.4 Å². The molecule has 0 unspecified atom stereocenters. The molecule has 2 amide bonds. The number of nitrogens with zero attached hydrogens (tertiary/aromatic N) is 2. The van der Waals surface area contributed by atoms with Gasteiger partial charge < -0.3 is 19.7 Å². The number of hydrogen-bond acceptors (Lipinski definition) is 6. The molecule has 0 bridgehead atoms. The molecule has 12 heteroatoms. The molecule has 1 fully saturated rings. The average Bonchev–Trinajstić information content (AvgIpc) is 3.60. The van der Waals surface area contributed by atoms with Gasteiger partial charge in [0.15, 0.2) is 11.5 Å². The summed E-state index contributed by atoms with van der Waals surface area (Å²) in [4.78, 5) is 28.8. The lowest BCUT2D eigenvalue weighted by Gasteiger charge is -2.34. The fourth-order valence-electron chi connectivity index (χ4n) is 4.90. The highest BCUT2D eigenvalue weighted by atomic mass is 35.5. The second-order valence-electron chi connectivity index (χ2n) is 9.58. The molecule has 2 aromatic rings. The van der Waals surface area contributed by atoms with Gasteiger partial charge in [0, 0.05) is 34.3 Å². The van der Waals surface area contributed by atoms with Gasteiger partial charge in [-0.15, -0.1) is 0 Å². The summed E-state index contributed by atoms with van der Waals surface area (Å²) in [6, 6.07) is 8.91. The van der Waals surface area contributed by atoms with Crippen LogP contribution in [0.5, 0.6) is 11.5 Å². The number of amides is 2. The molecule has 1 aliphatic heterocycles. The van der Waals surface area contributed by atoms with Gasteiger partial charge in [-0.05, 0) is 50.5 Å². The van der Waals surface area contributed by atoms with Gasteiger partial charge in [-0.1, -0.05) is 49.0 Å². The maximum atomic E-state index is 14.0. The Bertz CT molecular complexity index is 1300. The molecule has 2 aliphatic rings. The summed E-state index contributed by atoms with van der Waals surface area (Å²) in [7, 11) is -3.88. The highest BCUT2D eigenvalue weighted by Gasteiger charge is 2.34. The zero-order valence-electron chi connectivity index (χ0n) is 22.0. The van der Waals surface area contributed by atoms with Crippen LogP contribution in [0.3, 0.4) is 0 Å². The smallest absolute Gasteiger partial charge is 0.244 e. The fraction of sp³-hybridized carbons (Fsp3) is 0.481. The van der Waals surface area contributed by atoms with E-state index in [1.54, 1.807) is 30.3 Å². The maximum Gasteiger partial charge on any atom is 0.244 e. The van der Waals surface area contributed by atoms with Crippen LogP contribution >= 0.6 is 23.2 Å². The molecule has 9 nitrogen and oxygen atoms in total. The van der Waals surface area contributed by atoms with E-state index in [4.69, 9.17) is 32.7 Å². The molecule has 0 radical (unpaired) electrons. The first-order chi connectivity index (χ1) is 18.6. The number of carbonyl (C=O) groups is 2. The number of ether oxygens (including phenoxy) is 2. The van der Waals surface area contributed by atoms with Crippen LogP contribution in [-0.2, 0) is 26.2 Å². The van der Waals surface area contributed by atoms with Crippen LogP contribution in [0.2, 0.25) is 10.0 Å². The van der Waals surface area contributed by atoms with Gasteiger partial charge in [0.2, 0.25) is 28.6 Å². The first-order valence-electron chi connectivity index (χ1n) is 13.1. The monoisotopic (exact) mass is 597 g/mol. The minimum absolute atomic E-state index is 0.0267. The highest BCUT2D eigenvalue weighted by molar-refractivity contribution is 7.92. The summed E-state index contributed by atoms with van der Waals surface area (Å²) in [6.45, 7) is 2.76. The molecular weight excluding hydrogens is 565 g/mol. The van der Waals surface area contributed by atoms with Crippen molar-refractivity contribution >= 4 is 50.7 Å². The van der Waals surface area contributed by atoms with Crippen LogP contribution in [0.4, 0.5) is 5.69 Å². The number of fused-ring (bicyclic) bond motifs is 1. The van der Waals surface area contributed by atoms with Gasteiger partial charge in [0.25, 0.3) is 0 Å². The van der Waals surface area contributed by atoms with Crippen LogP contribution in [-0.4, -0.2) is 56.3 Å². The van der Waals surface area contributed by atoms with Crippen molar-refractivity contribution in [1.82, 2.24) is 10.2 Å². The van der Waals surface area contributed by atoms with E-state index in [0.29, 0.717) is 33.5 Å². The van der Waals surface area contributed by atoms with Crippen LogP contribution in [0.25, 0.3) is 0 Å². The van der Waals surface area contributed by atoms with Crippen LogP contribution in [0.1, 0.15) is 51.5 Å². The molecule has 39 heavy (non-hydrogen) atoms. The van der Waals surface area contributed by atoms with Gasteiger partial charge in [-0.3, -0.25) is 13.9 Å². The standard InChI is InChI=1S/C27H33Cl2N3O6S/c1-3-23(27(34)30-18-8-5-6-9-18)31(15-20-21(28)10-7-11-22(20)29)26(33)16-32(39(35,36)4-2)19-12-13-24-25(14-19)38-17-37-24/h7,10-14,18,23H,3-6,8-9,15-17H2,1-2H3,(H,30,34)/t23-/m1/s1. The zero-order valence-corrected chi connectivity index (χ0v) is 24.3. The molecule has 1 N–H and O–H groups in total. The lowest BCUT2D eigenvalue weighted by Crippen LogP contribution is -2.53. The van der Waals surface area contributed by atoms with Crippen molar-refractivity contribution in [3.05, 3.63) is 52.0 Å². The zero-order chi connectivity index (χ0) is 28.2. The SMILES string of the molecule is CC[C@H](C(=O)NC1CCCC1)N(Cc1c(Cl)cccc1Cl)C(=O)CN(c1ccc2c(c1)OCO2)S(=O)(=O)CC.